The highest BCUT2D eigenvalue weighted by Crippen LogP contribution is 2.19. The Morgan fingerprint density at radius 3 is 2.72 bits per heavy atom. The number of ether oxygens (including phenoxy) is 2. The Hall–Kier alpha value is -1.26. The van der Waals surface area contributed by atoms with Crippen molar-refractivity contribution in [2.45, 2.75) is 6.42 Å². The zero-order valence-electron chi connectivity index (χ0n) is 11.6. The summed E-state index contributed by atoms with van der Waals surface area (Å²) in [6, 6.07) is 8.10. The molecule has 0 amide bonds. The van der Waals surface area contributed by atoms with Crippen LogP contribution >= 0.6 is 0 Å². The molecule has 0 aliphatic carbocycles. The third-order valence-corrected chi connectivity index (χ3v) is 2.53. The summed E-state index contributed by atoms with van der Waals surface area (Å²) in [5.74, 6) is 0.913. The van der Waals surface area contributed by atoms with Gasteiger partial charge in [-0.05, 0) is 19.2 Å². The molecule has 0 saturated carbocycles. The van der Waals surface area contributed by atoms with Gasteiger partial charge < -0.3 is 19.7 Å². The van der Waals surface area contributed by atoms with Gasteiger partial charge in [-0.1, -0.05) is 6.07 Å². The highest BCUT2D eigenvalue weighted by molar-refractivity contribution is 5.49. The first-order valence-corrected chi connectivity index (χ1v) is 6.36. The van der Waals surface area contributed by atoms with Gasteiger partial charge in [0, 0.05) is 45.4 Å². The minimum absolute atomic E-state index is 0.691. The van der Waals surface area contributed by atoms with Gasteiger partial charge in [0.05, 0.1) is 13.2 Å². The summed E-state index contributed by atoms with van der Waals surface area (Å²) in [6.07, 6.45) is 0.913. The van der Waals surface area contributed by atoms with E-state index in [0.29, 0.717) is 6.61 Å². The van der Waals surface area contributed by atoms with Crippen molar-refractivity contribution < 1.29 is 9.47 Å². The molecular weight excluding hydrogens is 228 g/mol. The second kappa shape index (κ2) is 8.78. The average Bonchev–Trinajstić information content (AvgIpc) is 2.38. The fraction of sp³-hybridized carbons (Fsp3) is 0.571. The molecule has 1 rings (SSSR count). The molecule has 102 valence electrons. The molecule has 0 spiro atoms. The predicted octanol–water partition coefficient (Wildman–Crippen LogP) is 1.76. The van der Waals surface area contributed by atoms with Gasteiger partial charge in [0.25, 0.3) is 0 Å². The number of hydrogen-bond donors (Lipinski definition) is 1. The van der Waals surface area contributed by atoms with Gasteiger partial charge in [0.2, 0.25) is 0 Å². The standard InChI is InChI=1S/C14H24N2O2/c1-15-8-11-17-9-5-10-18-14-7-4-6-13(12-14)16(2)3/h4,6-7,12,15H,5,8-11H2,1-3H3. The van der Waals surface area contributed by atoms with Gasteiger partial charge in [-0.15, -0.1) is 0 Å². The SMILES string of the molecule is CNCCOCCCOc1cccc(N(C)C)c1. The first-order chi connectivity index (χ1) is 8.74. The maximum atomic E-state index is 5.68. The van der Waals surface area contributed by atoms with Crippen LogP contribution in [-0.2, 0) is 4.74 Å². The van der Waals surface area contributed by atoms with E-state index in [0.717, 1.165) is 37.6 Å². The number of nitrogens with one attached hydrogen (secondary N) is 1. The first kappa shape index (κ1) is 14.8. The van der Waals surface area contributed by atoms with E-state index < -0.39 is 0 Å². The van der Waals surface area contributed by atoms with Gasteiger partial charge in [0.1, 0.15) is 5.75 Å². The van der Waals surface area contributed by atoms with E-state index in [2.05, 4.69) is 16.3 Å². The quantitative estimate of drug-likeness (QED) is 0.679. The molecule has 0 aliphatic rings. The summed E-state index contributed by atoms with van der Waals surface area (Å²) in [5.41, 5.74) is 1.15. The molecule has 1 aromatic rings. The summed E-state index contributed by atoms with van der Waals surface area (Å²) in [7, 11) is 5.97. The Bertz CT molecular complexity index is 329. The van der Waals surface area contributed by atoms with Crippen LogP contribution in [0.5, 0.6) is 5.75 Å². The number of anilines is 1. The molecule has 0 atom stereocenters. The molecule has 18 heavy (non-hydrogen) atoms. The molecule has 0 fully saturated rings. The maximum absolute atomic E-state index is 5.68. The van der Waals surface area contributed by atoms with Crippen LogP contribution in [0.25, 0.3) is 0 Å². The molecule has 0 bridgehead atoms. The lowest BCUT2D eigenvalue weighted by Gasteiger charge is -2.14. The van der Waals surface area contributed by atoms with Crippen LogP contribution in [0.1, 0.15) is 6.42 Å². The normalized spacial score (nSPS) is 10.4. The van der Waals surface area contributed by atoms with Crippen LogP contribution in [-0.4, -0.2) is 47.5 Å². The highest BCUT2D eigenvalue weighted by Gasteiger charge is 1.98. The zero-order chi connectivity index (χ0) is 13.2. The minimum atomic E-state index is 0.691. The van der Waals surface area contributed by atoms with Gasteiger partial charge >= 0.3 is 0 Å². The molecule has 0 aliphatic heterocycles. The van der Waals surface area contributed by atoms with Gasteiger partial charge in [0.15, 0.2) is 0 Å². The van der Waals surface area contributed by atoms with Gasteiger partial charge in [-0.3, -0.25) is 0 Å². The second-order valence-electron chi connectivity index (χ2n) is 4.31. The van der Waals surface area contributed by atoms with Crippen molar-refractivity contribution in [1.82, 2.24) is 5.32 Å². The van der Waals surface area contributed by atoms with E-state index in [1.54, 1.807) is 0 Å². The van der Waals surface area contributed by atoms with Crippen LogP contribution in [0.15, 0.2) is 24.3 Å². The van der Waals surface area contributed by atoms with Crippen molar-refractivity contribution in [3.8, 4) is 5.75 Å². The fourth-order valence-corrected chi connectivity index (χ4v) is 1.48. The Kier molecular flexibility index (Phi) is 7.22. The Morgan fingerprint density at radius 2 is 2.00 bits per heavy atom. The molecule has 1 aromatic carbocycles. The maximum Gasteiger partial charge on any atom is 0.121 e. The van der Waals surface area contributed by atoms with E-state index in [4.69, 9.17) is 9.47 Å². The number of hydrogen-bond acceptors (Lipinski definition) is 4. The van der Waals surface area contributed by atoms with Crippen molar-refractivity contribution in [2.75, 3.05) is 52.4 Å². The molecule has 4 nitrogen and oxygen atoms in total. The predicted molar refractivity (Wildman–Crippen MR) is 75.6 cm³/mol. The Balaban J connectivity index is 2.17. The summed E-state index contributed by atoms with van der Waals surface area (Å²) in [4.78, 5) is 2.06. The van der Waals surface area contributed by atoms with Gasteiger partial charge in [-0.2, -0.15) is 0 Å². The van der Waals surface area contributed by atoms with Crippen molar-refractivity contribution in [1.29, 1.82) is 0 Å². The lowest BCUT2D eigenvalue weighted by atomic mass is 10.3. The van der Waals surface area contributed by atoms with Crippen LogP contribution in [0, 0.1) is 0 Å². The van der Waals surface area contributed by atoms with E-state index in [1.165, 1.54) is 0 Å². The molecule has 0 saturated heterocycles. The summed E-state index contributed by atoms with van der Waals surface area (Å²) < 4.78 is 11.1. The van der Waals surface area contributed by atoms with Crippen molar-refractivity contribution in [3.63, 3.8) is 0 Å². The smallest absolute Gasteiger partial charge is 0.121 e. The van der Waals surface area contributed by atoms with E-state index >= 15 is 0 Å². The Morgan fingerprint density at radius 1 is 1.17 bits per heavy atom. The van der Waals surface area contributed by atoms with Crippen LogP contribution in [0.3, 0.4) is 0 Å². The van der Waals surface area contributed by atoms with Crippen molar-refractivity contribution in [2.24, 2.45) is 0 Å². The average molecular weight is 252 g/mol. The minimum Gasteiger partial charge on any atom is -0.493 e. The van der Waals surface area contributed by atoms with Crippen molar-refractivity contribution in [3.05, 3.63) is 24.3 Å². The van der Waals surface area contributed by atoms with Crippen LogP contribution < -0.4 is 15.0 Å². The monoisotopic (exact) mass is 252 g/mol. The number of rotatable bonds is 9. The van der Waals surface area contributed by atoms with E-state index in [9.17, 15) is 0 Å². The molecule has 1 N–H and O–H groups in total. The molecule has 0 heterocycles. The van der Waals surface area contributed by atoms with E-state index in [1.807, 2.05) is 39.3 Å². The third-order valence-electron chi connectivity index (χ3n) is 2.53. The molecule has 4 heteroatoms. The topological polar surface area (TPSA) is 33.7 Å². The second-order valence-corrected chi connectivity index (χ2v) is 4.31. The third kappa shape index (κ3) is 5.89. The highest BCUT2D eigenvalue weighted by atomic mass is 16.5. The number of benzene rings is 1. The Labute approximate surface area is 110 Å². The lowest BCUT2D eigenvalue weighted by Crippen LogP contribution is -2.15. The van der Waals surface area contributed by atoms with Crippen molar-refractivity contribution >= 4 is 5.69 Å². The summed E-state index contributed by atoms with van der Waals surface area (Å²) in [6.45, 7) is 3.09. The first-order valence-electron chi connectivity index (χ1n) is 6.36. The van der Waals surface area contributed by atoms with Gasteiger partial charge in [-0.25, -0.2) is 0 Å². The van der Waals surface area contributed by atoms with E-state index in [-0.39, 0.29) is 0 Å². The summed E-state index contributed by atoms with van der Waals surface area (Å²) in [5, 5.41) is 3.04. The fourth-order valence-electron chi connectivity index (χ4n) is 1.48. The number of nitrogens with zero attached hydrogens (tertiary/aromatic N) is 1. The lowest BCUT2D eigenvalue weighted by molar-refractivity contribution is 0.122. The molecular formula is C14H24N2O2. The van der Waals surface area contributed by atoms with Crippen LogP contribution in [0.4, 0.5) is 5.69 Å². The molecule has 0 radical (unpaired) electrons. The van der Waals surface area contributed by atoms with Crippen LogP contribution in [0.2, 0.25) is 0 Å². The number of likely N-dealkylation sites (N-methyl/N-ethyl adjacent to an activating group) is 1. The summed E-state index contributed by atoms with van der Waals surface area (Å²) >= 11 is 0. The molecule has 0 unspecified atom stereocenters. The zero-order valence-corrected chi connectivity index (χ0v) is 11.6. The largest absolute Gasteiger partial charge is 0.493 e. The molecule has 0 aromatic heterocycles.